The van der Waals surface area contributed by atoms with Crippen LogP contribution in [0.1, 0.15) is 6.42 Å². The third-order valence-electron chi connectivity index (χ3n) is 5.73. The molecule has 0 fully saturated rings. The molecule has 0 bridgehead atoms. The summed E-state index contributed by atoms with van der Waals surface area (Å²) in [7, 11) is 0. The van der Waals surface area contributed by atoms with Crippen molar-refractivity contribution < 1.29 is 0 Å². The third kappa shape index (κ3) is 2.73. The zero-order chi connectivity index (χ0) is 19.2. The fourth-order valence-electron chi connectivity index (χ4n) is 4.47. The molecule has 0 spiro atoms. The van der Waals surface area contributed by atoms with Gasteiger partial charge in [-0.2, -0.15) is 0 Å². The summed E-state index contributed by atoms with van der Waals surface area (Å²) in [5.41, 5.74) is 6.55. The SMILES string of the molecule is C1=CNC2C(=C1)CC(n1c(-c3cccs3)ccc1-c1cccs1)=C1C=CC=NC12. The number of dihydropyridines is 2. The molecule has 0 amide bonds. The lowest BCUT2D eigenvalue weighted by Crippen LogP contribution is -2.43. The molecule has 6 rings (SSSR count). The van der Waals surface area contributed by atoms with Gasteiger partial charge in [0.15, 0.2) is 0 Å². The lowest BCUT2D eigenvalue weighted by molar-refractivity contribution is 0.554. The Labute approximate surface area is 177 Å². The number of thiophene rings is 2. The van der Waals surface area contributed by atoms with Gasteiger partial charge in [0, 0.05) is 18.3 Å². The van der Waals surface area contributed by atoms with Crippen LogP contribution in [-0.4, -0.2) is 22.9 Å². The molecule has 2 unspecified atom stereocenters. The molecular weight excluding hydrogens is 394 g/mol. The molecule has 5 heteroatoms. The van der Waals surface area contributed by atoms with Gasteiger partial charge in [-0.25, -0.2) is 0 Å². The van der Waals surface area contributed by atoms with Crippen molar-refractivity contribution in [2.45, 2.75) is 18.5 Å². The molecule has 3 aromatic rings. The second-order valence-electron chi connectivity index (χ2n) is 7.32. The molecule has 0 saturated carbocycles. The first-order valence-electron chi connectivity index (χ1n) is 9.74. The summed E-state index contributed by atoms with van der Waals surface area (Å²) < 4.78 is 2.47. The van der Waals surface area contributed by atoms with Crippen LogP contribution in [0, 0.1) is 0 Å². The number of rotatable bonds is 3. The van der Waals surface area contributed by atoms with Crippen LogP contribution >= 0.6 is 22.7 Å². The number of nitrogens with one attached hydrogen (secondary N) is 1. The van der Waals surface area contributed by atoms with Crippen molar-refractivity contribution in [2.75, 3.05) is 0 Å². The summed E-state index contributed by atoms with van der Waals surface area (Å²) in [5, 5.41) is 7.84. The van der Waals surface area contributed by atoms with E-state index in [0.717, 1.165) is 6.42 Å². The van der Waals surface area contributed by atoms with E-state index in [1.165, 1.54) is 38.0 Å². The summed E-state index contributed by atoms with van der Waals surface area (Å²) in [6, 6.07) is 13.5. The zero-order valence-corrected chi connectivity index (χ0v) is 17.3. The molecule has 1 aliphatic carbocycles. The fourth-order valence-corrected chi connectivity index (χ4v) is 5.95. The topological polar surface area (TPSA) is 29.3 Å². The van der Waals surface area contributed by atoms with Crippen molar-refractivity contribution in [3.05, 3.63) is 88.8 Å². The van der Waals surface area contributed by atoms with Gasteiger partial charge in [-0.15, -0.1) is 22.7 Å². The maximum atomic E-state index is 4.87. The highest BCUT2D eigenvalue weighted by molar-refractivity contribution is 7.14. The van der Waals surface area contributed by atoms with Gasteiger partial charge in [-0.3, -0.25) is 4.99 Å². The van der Waals surface area contributed by atoms with Crippen LogP contribution in [-0.2, 0) is 0 Å². The van der Waals surface area contributed by atoms with Crippen LogP contribution in [0.2, 0.25) is 0 Å². The molecule has 0 saturated heterocycles. The average molecular weight is 414 g/mol. The van der Waals surface area contributed by atoms with Gasteiger partial charge in [0.05, 0.1) is 27.2 Å². The Balaban J connectivity index is 1.62. The quantitative estimate of drug-likeness (QED) is 0.562. The first-order chi connectivity index (χ1) is 14.4. The minimum absolute atomic E-state index is 0.106. The van der Waals surface area contributed by atoms with E-state index in [0.29, 0.717) is 0 Å². The van der Waals surface area contributed by atoms with Gasteiger partial charge in [-0.05, 0) is 64.5 Å². The normalized spacial score (nSPS) is 22.3. The predicted octanol–water partition coefficient (Wildman–Crippen LogP) is 5.98. The van der Waals surface area contributed by atoms with Crippen molar-refractivity contribution in [1.29, 1.82) is 0 Å². The van der Waals surface area contributed by atoms with E-state index in [1.54, 1.807) is 22.7 Å². The number of hydrogen-bond acceptors (Lipinski definition) is 4. The van der Waals surface area contributed by atoms with Crippen LogP contribution in [0.4, 0.5) is 0 Å². The lowest BCUT2D eigenvalue weighted by atomic mass is 9.81. The Morgan fingerprint density at radius 3 is 2.41 bits per heavy atom. The Hall–Kier alpha value is -2.89. The van der Waals surface area contributed by atoms with Crippen LogP contribution in [0.25, 0.3) is 26.8 Å². The van der Waals surface area contributed by atoms with Crippen LogP contribution in [0.15, 0.2) is 93.8 Å². The fraction of sp³-hybridized carbons (Fsp3) is 0.125. The van der Waals surface area contributed by atoms with Gasteiger partial charge in [0.1, 0.15) is 6.04 Å². The highest BCUT2D eigenvalue weighted by atomic mass is 32.1. The van der Waals surface area contributed by atoms with Crippen molar-refractivity contribution in [1.82, 2.24) is 9.88 Å². The van der Waals surface area contributed by atoms with Crippen molar-refractivity contribution in [2.24, 2.45) is 4.99 Å². The summed E-state index contributed by atoms with van der Waals surface area (Å²) in [6.07, 6.45) is 13.6. The van der Waals surface area contributed by atoms with Gasteiger partial charge in [0.2, 0.25) is 0 Å². The molecule has 142 valence electrons. The van der Waals surface area contributed by atoms with E-state index < -0.39 is 0 Å². The standard InChI is InChI=1S/C24H19N3S2/c1-5-16-15-20(17-6-2-12-26-24(17)23(16)25-11-1)27-18(21-7-3-13-28-21)9-10-19(27)22-8-4-14-29-22/h1-14,23-25H,15H2. The molecule has 3 aliphatic rings. The predicted molar refractivity (Wildman–Crippen MR) is 124 cm³/mol. The first kappa shape index (κ1) is 17.0. The summed E-state index contributed by atoms with van der Waals surface area (Å²) in [6.45, 7) is 0. The van der Waals surface area contributed by atoms with Crippen molar-refractivity contribution in [3.8, 4) is 21.1 Å². The van der Waals surface area contributed by atoms with E-state index in [2.05, 4.69) is 81.3 Å². The number of aliphatic imine (C=N–C) groups is 1. The minimum atomic E-state index is 0.106. The monoisotopic (exact) mass is 413 g/mol. The second kappa shape index (κ2) is 6.87. The summed E-state index contributed by atoms with van der Waals surface area (Å²) in [4.78, 5) is 7.45. The number of fused-ring (bicyclic) bond motifs is 3. The third-order valence-corrected chi connectivity index (χ3v) is 7.51. The van der Waals surface area contributed by atoms with Gasteiger partial charge in [0.25, 0.3) is 0 Å². The largest absolute Gasteiger partial charge is 0.382 e. The first-order valence-corrected chi connectivity index (χ1v) is 11.5. The molecule has 5 heterocycles. The minimum Gasteiger partial charge on any atom is -0.382 e. The molecule has 3 nitrogen and oxygen atoms in total. The molecule has 1 N–H and O–H groups in total. The molecule has 3 aromatic heterocycles. The Kier molecular flexibility index (Phi) is 4.03. The second-order valence-corrected chi connectivity index (χ2v) is 9.22. The zero-order valence-electron chi connectivity index (χ0n) is 15.7. The maximum absolute atomic E-state index is 4.87. The number of allylic oxidation sites excluding steroid dienone is 4. The van der Waals surface area contributed by atoms with E-state index >= 15 is 0 Å². The van der Waals surface area contributed by atoms with Crippen molar-refractivity contribution in [3.63, 3.8) is 0 Å². The molecule has 2 atom stereocenters. The van der Waals surface area contributed by atoms with E-state index in [1.807, 2.05) is 12.4 Å². The molecule has 2 aliphatic heterocycles. The van der Waals surface area contributed by atoms with Crippen molar-refractivity contribution >= 4 is 34.6 Å². The molecule has 0 aromatic carbocycles. The summed E-state index contributed by atoms with van der Waals surface area (Å²) in [5.74, 6) is 0. The molecule has 0 radical (unpaired) electrons. The van der Waals surface area contributed by atoms with Crippen LogP contribution < -0.4 is 5.32 Å². The number of hydrogen-bond donors (Lipinski definition) is 1. The van der Waals surface area contributed by atoms with Gasteiger partial charge in [-0.1, -0.05) is 24.3 Å². The summed E-state index contributed by atoms with van der Waals surface area (Å²) >= 11 is 3.58. The van der Waals surface area contributed by atoms with Gasteiger partial charge < -0.3 is 9.88 Å². The average Bonchev–Trinajstić information content (AvgIpc) is 3.54. The lowest BCUT2D eigenvalue weighted by Gasteiger charge is -2.37. The molecular formula is C24H19N3S2. The number of nitrogens with zero attached hydrogens (tertiary/aromatic N) is 2. The van der Waals surface area contributed by atoms with Crippen LogP contribution in [0.5, 0.6) is 0 Å². The smallest absolute Gasteiger partial charge is 0.101 e. The number of aromatic nitrogens is 1. The Bertz CT molecular complexity index is 1150. The Morgan fingerprint density at radius 2 is 1.72 bits per heavy atom. The maximum Gasteiger partial charge on any atom is 0.101 e. The van der Waals surface area contributed by atoms with E-state index in [9.17, 15) is 0 Å². The van der Waals surface area contributed by atoms with Crippen LogP contribution in [0.3, 0.4) is 0 Å². The highest BCUT2D eigenvalue weighted by Crippen LogP contribution is 2.43. The molecule has 29 heavy (non-hydrogen) atoms. The highest BCUT2D eigenvalue weighted by Gasteiger charge is 2.36. The van der Waals surface area contributed by atoms with E-state index in [4.69, 9.17) is 4.99 Å². The van der Waals surface area contributed by atoms with Gasteiger partial charge >= 0.3 is 0 Å². The Morgan fingerprint density at radius 1 is 0.966 bits per heavy atom. The van der Waals surface area contributed by atoms with E-state index in [-0.39, 0.29) is 12.1 Å².